The molecule has 0 aliphatic carbocycles. The lowest BCUT2D eigenvalue weighted by atomic mass is 9.95. The monoisotopic (exact) mass is 432 g/mol. The van der Waals surface area contributed by atoms with Crippen LogP contribution in [0.15, 0.2) is 18.2 Å². The topological polar surface area (TPSA) is 85.9 Å². The Kier molecular flexibility index (Phi) is 5.40. The average Bonchev–Trinajstić information content (AvgIpc) is 2.94. The number of rotatable bonds is 3. The molecule has 0 radical (unpaired) electrons. The summed E-state index contributed by atoms with van der Waals surface area (Å²) in [6.07, 6.45) is -12.9. The van der Waals surface area contributed by atoms with Crippen molar-refractivity contribution in [1.29, 1.82) is 0 Å². The van der Waals surface area contributed by atoms with Gasteiger partial charge in [-0.05, 0) is 24.6 Å². The second-order valence-electron chi connectivity index (χ2n) is 6.52. The highest BCUT2D eigenvalue weighted by Gasteiger charge is 2.60. The lowest BCUT2D eigenvalue weighted by Gasteiger charge is -2.37. The van der Waals surface area contributed by atoms with E-state index in [0.717, 1.165) is 11.1 Å². The molecule has 2 aliphatic rings. The standard InChI is InChI=1S/C15H15F7N4O3/c1-5(6-2-3-8(7(16)4-6)29-15(20,21)22)26-11-9(10(25-26)14(17,18)19)12(27)24-13(28)23-11/h2-5,9-11,13,23,25,28H,1H3,(H,24,27). The number of aliphatic hydroxyl groups excluding tert-OH is 1. The maximum Gasteiger partial charge on any atom is 0.573 e. The number of hydrogen-bond donors (Lipinski definition) is 4. The van der Waals surface area contributed by atoms with E-state index in [4.69, 9.17) is 0 Å². The summed E-state index contributed by atoms with van der Waals surface area (Å²) >= 11 is 0. The van der Waals surface area contributed by atoms with Crippen LogP contribution >= 0.6 is 0 Å². The number of carbonyl (C=O) groups excluding carboxylic acids is 1. The van der Waals surface area contributed by atoms with E-state index in [0.29, 0.717) is 12.1 Å². The van der Waals surface area contributed by atoms with Crippen LogP contribution in [0.4, 0.5) is 30.7 Å². The summed E-state index contributed by atoms with van der Waals surface area (Å²) in [5.74, 6) is -5.19. The largest absolute Gasteiger partial charge is 0.573 e. The number of alkyl halides is 6. The third kappa shape index (κ3) is 4.39. The molecule has 1 aromatic carbocycles. The first-order chi connectivity index (χ1) is 13.3. The summed E-state index contributed by atoms with van der Waals surface area (Å²) in [6, 6.07) is -0.907. The zero-order valence-electron chi connectivity index (χ0n) is 14.5. The van der Waals surface area contributed by atoms with Crippen molar-refractivity contribution in [2.45, 2.75) is 44.1 Å². The van der Waals surface area contributed by atoms with Crippen molar-refractivity contribution in [2.24, 2.45) is 5.92 Å². The lowest BCUT2D eigenvalue weighted by molar-refractivity contribution is -0.275. The predicted octanol–water partition coefficient (Wildman–Crippen LogP) is 1.47. The van der Waals surface area contributed by atoms with Crippen LogP contribution in [0.2, 0.25) is 0 Å². The summed E-state index contributed by atoms with van der Waals surface area (Å²) in [5.41, 5.74) is 2.14. The van der Waals surface area contributed by atoms with E-state index in [1.54, 1.807) is 0 Å². The highest BCUT2D eigenvalue weighted by molar-refractivity contribution is 5.81. The van der Waals surface area contributed by atoms with Gasteiger partial charge in [-0.2, -0.15) is 13.2 Å². The fraction of sp³-hybridized carbons (Fsp3) is 0.533. The van der Waals surface area contributed by atoms with Gasteiger partial charge in [-0.3, -0.25) is 10.1 Å². The van der Waals surface area contributed by atoms with Gasteiger partial charge in [-0.1, -0.05) is 6.07 Å². The smallest absolute Gasteiger partial charge is 0.403 e. The second kappa shape index (κ2) is 7.27. The normalized spacial score (nSPS) is 29.3. The summed E-state index contributed by atoms with van der Waals surface area (Å²) < 4.78 is 94.4. The fourth-order valence-electron chi connectivity index (χ4n) is 3.36. The molecule has 2 heterocycles. The number of aliphatic hydroxyl groups is 1. The van der Waals surface area contributed by atoms with E-state index in [1.807, 2.05) is 5.32 Å². The number of hydrazine groups is 1. The number of benzene rings is 1. The van der Waals surface area contributed by atoms with Gasteiger partial charge in [0.1, 0.15) is 6.04 Å². The molecule has 5 atom stereocenters. The highest BCUT2D eigenvalue weighted by Crippen LogP contribution is 2.38. The van der Waals surface area contributed by atoms with E-state index in [1.165, 1.54) is 6.92 Å². The van der Waals surface area contributed by atoms with Gasteiger partial charge in [0, 0.05) is 6.04 Å². The average molecular weight is 432 g/mol. The van der Waals surface area contributed by atoms with Gasteiger partial charge in [-0.25, -0.2) is 14.8 Å². The molecule has 0 bridgehead atoms. The summed E-state index contributed by atoms with van der Waals surface area (Å²) in [4.78, 5) is 12.0. The Morgan fingerprint density at radius 3 is 2.41 bits per heavy atom. The lowest BCUT2D eigenvalue weighted by Crippen LogP contribution is -2.65. The molecule has 2 aliphatic heterocycles. The molecule has 2 fully saturated rings. The molecule has 0 saturated carbocycles. The van der Waals surface area contributed by atoms with Crippen molar-refractivity contribution in [1.82, 2.24) is 21.1 Å². The number of hydrogen-bond acceptors (Lipinski definition) is 6. The van der Waals surface area contributed by atoms with Crippen molar-refractivity contribution in [3.8, 4) is 5.75 Å². The predicted molar refractivity (Wildman–Crippen MR) is 80.9 cm³/mol. The van der Waals surface area contributed by atoms with Crippen LogP contribution in [0.5, 0.6) is 5.75 Å². The van der Waals surface area contributed by atoms with Gasteiger partial charge in [0.05, 0.1) is 12.1 Å². The zero-order valence-corrected chi connectivity index (χ0v) is 14.5. The minimum absolute atomic E-state index is 0.00775. The quantitative estimate of drug-likeness (QED) is 0.542. The number of nitrogens with one attached hydrogen (secondary N) is 3. The molecular formula is C15H15F7N4O3. The highest BCUT2D eigenvalue weighted by atomic mass is 19.4. The molecule has 7 nitrogen and oxygen atoms in total. The number of halogens is 7. The Hall–Kier alpha value is -2.16. The number of ether oxygens (including phenoxy) is 1. The first-order valence-corrected chi connectivity index (χ1v) is 8.19. The van der Waals surface area contributed by atoms with Crippen LogP contribution in [-0.4, -0.2) is 47.1 Å². The number of fused-ring (bicyclic) bond motifs is 1. The summed E-state index contributed by atoms with van der Waals surface area (Å²) in [7, 11) is 0. The Morgan fingerprint density at radius 1 is 1.21 bits per heavy atom. The fourth-order valence-corrected chi connectivity index (χ4v) is 3.36. The van der Waals surface area contributed by atoms with Gasteiger partial charge in [0.2, 0.25) is 5.91 Å². The van der Waals surface area contributed by atoms with E-state index in [9.17, 15) is 40.6 Å². The number of amides is 1. The van der Waals surface area contributed by atoms with E-state index >= 15 is 0 Å². The minimum atomic E-state index is -5.12. The first kappa shape index (κ1) is 21.5. The molecular weight excluding hydrogens is 417 g/mol. The van der Waals surface area contributed by atoms with Crippen LogP contribution in [0.1, 0.15) is 18.5 Å². The third-order valence-electron chi connectivity index (χ3n) is 4.63. The molecule has 2 saturated heterocycles. The Morgan fingerprint density at radius 2 is 1.86 bits per heavy atom. The van der Waals surface area contributed by atoms with E-state index < -0.39 is 60.5 Å². The molecule has 29 heavy (non-hydrogen) atoms. The maximum absolute atomic E-state index is 14.0. The first-order valence-electron chi connectivity index (χ1n) is 8.19. The van der Waals surface area contributed by atoms with Gasteiger partial charge in [0.15, 0.2) is 17.9 Å². The number of carbonyl (C=O) groups is 1. The molecule has 0 aromatic heterocycles. The van der Waals surface area contributed by atoms with E-state index in [-0.39, 0.29) is 5.56 Å². The van der Waals surface area contributed by atoms with Gasteiger partial charge in [-0.15, -0.1) is 13.2 Å². The van der Waals surface area contributed by atoms with Crippen molar-refractivity contribution in [3.63, 3.8) is 0 Å². The van der Waals surface area contributed by atoms with Gasteiger partial charge < -0.3 is 15.2 Å². The van der Waals surface area contributed by atoms with Crippen LogP contribution in [0, 0.1) is 11.7 Å². The van der Waals surface area contributed by atoms with Crippen LogP contribution < -0.4 is 20.8 Å². The Labute approximate surface area is 158 Å². The molecule has 162 valence electrons. The molecule has 4 N–H and O–H groups in total. The Bertz CT molecular complexity index is 788. The van der Waals surface area contributed by atoms with Crippen LogP contribution in [0.25, 0.3) is 0 Å². The molecule has 3 rings (SSSR count). The molecule has 1 aromatic rings. The maximum atomic E-state index is 14.0. The van der Waals surface area contributed by atoms with Crippen molar-refractivity contribution in [3.05, 3.63) is 29.6 Å². The Balaban J connectivity index is 1.89. The van der Waals surface area contributed by atoms with Crippen molar-refractivity contribution in [2.75, 3.05) is 0 Å². The second-order valence-corrected chi connectivity index (χ2v) is 6.52. The van der Waals surface area contributed by atoms with E-state index in [2.05, 4.69) is 15.5 Å². The molecule has 1 amide bonds. The minimum Gasteiger partial charge on any atom is -0.403 e. The number of nitrogens with zero attached hydrogens (tertiary/aromatic N) is 1. The summed E-state index contributed by atoms with van der Waals surface area (Å²) in [6.45, 7) is 1.35. The van der Waals surface area contributed by atoms with Crippen LogP contribution in [-0.2, 0) is 4.79 Å². The van der Waals surface area contributed by atoms with Crippen molar-refractivity contribution >= 4 is 5.91 Å². The molecule has 0 spiro atoms. The summed E-state index contributed by atoms with van der Waals surface area (Å²) in [5, 5.41) is 14.9. The van der Waals surface area contributed by atoms with Gasteiger partial charge >= 0.3 is 12.5 Å². The van der Waals surface area contributed by atoms with Crippen LogP contribution in [0.3, 0.4) is 0 Å². The van der Waals surface area contributed by atoms with Crippen molar-refractivity contribution < 1.29 is 45.4 Å². The third-order valence-corrected chi connectivity index (χ3v) is 4.63. The zero-order chi connectivity index (χ0) is 21.7. The molecule has 5 unspecified atom stereocenters. The molecule has 14 heteroatoms. The van der Waals surface area contributed by atoms with Gasteiger partial charge in [0.25, 0.3) is 0 Å². The SMILES string of the molecule is CC(c1ccc(OC(F)(F)F)c(F)c1)N1NC(C(F)(F)F)C2C(=O)NC(O)NC21.